The number of carbonyl (C=O) groups excluding carboxylic acids is 1. The molecule has 26 heavy (non-hydrogen) atoms. The van der Waals surface area contributed by atoms with Crippen molar-refractivity contribution in [1.29, 1.82) is 0 Å². The summed E-state index contributed by atoms with van der Waals surface area (Å²) in [5.74, 6) is 0.552. The van der Waals surface area contributed by atoms with E-state index in [1.807, 2.05) is 50.4 Å². The highest BCUT2D eigenvalue weighted by Gasteiger charge is 2.08. The monoisotopic (exact) mass is 369 g/mol. The number of benzene rings is 2. The molecule has 0 saturated heterocycles. The van der Waals surface area contributed by atoms with Gasteiger partial charge in [-0.2, -0.15) is 5.10 Å². The molecule has 134 valence electrons. The molecule has 1 amide bonds. The maximum absolute atomic E-state index is 12.4. The molecule has 0 spiro atoms. The Morgan fingerprint density at radius 2 is 2.00 bits per heavy atom. The summed E-state index contributed by atoms with van der Waals surface area (Å²) < 4.78 is 7.51. The Labute approximate surface area is 157 Å². The van der Waals surface area contributed by atoms with Crippen LogP contribution in [0.4, 0.5) is 0 Å². The van der Waals surface area contributed by atoms with Crippen LogP contribution >= 0.6 is 11.6 Å². The quantitative estimate of drug-likeness (QED) is 0.717. The van der Waals surface area contributed by atoms with Crippen LogP contribution in [-0.2, 0) is 20.2 Å². The summed E-state index contributed by atoms with van der Waals surface area (Å²) in [5, 5.41) is 7.85. The predicted octanol–water partition coefficient (Wildman–Crippen LogP) is 3.89. The molecule has 6 heteroatoms. The van der Waals surface area contributed by atoms with Crippen molar-refractivity contribution >= 4 is 17.5 Å². The minimum absolute atomic E-state index is 0.141. The molecule has 0 aliphatic carbocycles. The Bertz CT molecular complexity index is 901. The van der Waals surface area contributed by atoms with Crippen LogP contribution in [-0.4, -0.2) is 15.7 Å². The van der Waals surface area contributed by atoms with Crippen molar-refractivity contribution in [2.45, 2.75) is 20.1 Å². The van der Waals surface area contributed by atoms with Gasteiger partial charge in [0.2, 0.25) is 0 Å². The average Bonchev–Trinajstić information content (AvgIpc) is 2.96. The highest BCUT2D eigenvalue weighted by atomic mass is 35.5. The number of carbonyl (C=O) groups is 1. The fourth-order valence-corrected chi connectivity index (χ4v) is 2.70. The van der Waals surface area contributed by atoms with Gasteiger partial charge in [0.25, 0.3) is 5.91 Å². The zero-order chi connectivity index (χ0) is 18.5. The fourth-order valence-electron chi connectivity index (χ4n) is 2.52. The first kappa shape index (κ1) is 18.0. The van der Waals surface area contributed by atoms with Crippen molar-refractivity contribution in [2.75, 3.05) is 0 Å². The number of hydrogen-bond donors (Lipinski definition) is 1. The number of rotatable bonds is 6. The molecule has 5 nitrogen and oxygen atoms in total. The number of ether oxygens (including phenoxy) is 1. The Morgan fingerprint density at radius 3 is 2.73 bits per heavy atom. The first-order valence-electron chi connectivity index (χ1n) is 8.26. The van der Waals surface area contributed by atoms with E-state index < -0.39 is 0 Å². The van der Waals surface area contributed by atoms with Crippen LogP contribution in [0.25, 0.3) is 0 Å². The zero-order valence-electron chi connectivity index (χ0n) is 14.7. The molecule has 1 heterocycles. The van der Waals surface area contributed by atoms with Crippen LogP contribution in [0, 0.1) is 6.92 Å². The predicted molar refractivity (Wildman–Crippen MR) is 101 cm³/mol. The normalized spacial score (nSPS) is 10.6. The van der Waals surface area contributed by atoms with Crippen LogP contribution in [0.2, 0.25) is 5.02 Å². The third-order valence-corrected chi connectivity index (χ3v) is 4.22. The molecular weight excluding hydrogens is 350 g/mol. The summed E-state index contributed by atoms with van der Waals surface area (Å²) >= 11 is 5.95. The van der Waals surface area contributed by atoms with Crippen LogP contribution in [0.15, 0.2) is 54.6 Å². The third kappa shape index (κ3) is 4.64. The maximum atomic E-state index is 12.4. The van der Waals surface area contributed by atoms with E-state index in [0.29, 0.717) is 29.5 Å². The number of hydrogen-bond acceptors (Lipinski definition) is 3. The molecular formula is C20H20ClN3O2. The minimum Gasteiger partial charge on any atom is -0.489 e. The number of aryl methyl sites for hydroxylation is 2. The summed E-state index contributed by atoms with van der Waals surface area (Å²) in [5.41, 5.74) is 3.38. The second-order valence-electron chi connectivity index (χ2n) is 6.03. The average molecular weight is 370 g/mol. The zero-order valence-corrected chi connectivity index (χ0v) is 15.5. The van der Waals surface area contributed by atoms with Gasteiger partial charge in [-0.1, -0.05) is 29.8 Å². The van der Waals surface area contributed by atoms with Crippen LogP contribution in [0.5, 0.6) is 5.75 Å². The highest BCUT2D eigenvalue weighted by Crippen LogP contribution is 2.18. The Balaban J connectivity index is 1.59. The van der Waals surface area contributed by atoms with Crippen molar-refractivity contribution in [3.63, 3.8) is 0 Å². The first-order chi connectivity index (χ1) is 12.5. The van der Waals surface area contributed by atoms with Crippen molar-refractivity contribution in [3.05, 3.63) is 82.1 Å². The molecule has 3 aromatic rings. The molecule has 1 aromatic heterocycles. The molecule has 0 atom stereocenters. The Hall–Kier alpha value is -2.79. The van der Waals surface area contributed by atoms with Gasteiger partial charge in [-0.05, 0) is 48.9 Å². The van der Waals surface area contributed by atoms with Gasteiger partial charge in [-0.25, -0.2) is 0 Å². The standard InChI is InChI=1S/C20H20ClN3O2/c1-14-9-18(23-24(14)2)12-22-20(25)16-6-3-5-15(10-16)13-26-19-8-4-7-17(21)11-19/h3-11H,12-13H2,1-2H3,(H,22,25). The number of nitrogens with zero attached hydrogens (tertiary/aromatic N) is 2. The van der Waals surface area contributed by atoms with Gasteiger partial charge in [-0.15, -0.1) is 0 Å². The van der Waals surface area contributed by atoms with Gasteiger partial charge < -0.3 is 10.1 Å². The summed E-state index contributed by atoms with van der Waals surface area (Å²) in [7, 11) is 1.88. The molecule has 3 rings (SSSR count). The molecule has 0 fully saturated rings. The van der Waals surface area contributed by atoms with E-state index in [2.05, 4.69) is 10.4 Å². The summed E-state index contributed by atoms with van der Waals surface area (Å²) in [6.07, 6.45) is 0. The molecule has 0 bridgehead atoms. The van der Waals surface area contributed by atoms with E-state index in [9.17, 15) is 4.79 Å². The lowest BCUT2D eigenvalue weighted by molar-refractivity contribution is 0.0950. The third-order valence-electron chi connectivity index (χ3n) is 3.99. The van der Waals surface area contributed by atoms with Crippen molar-refractivity contribution in [1.82, 2.24) is 15.1 Å². The van der Waals surface area contributed by atoms with Crippen LogP contribution < -0.4 is 10.1 Å². The molecule has 2 aromatic carbocycles. The number of halogens is 1. The van der Waals surface area contributed by atoms with Gasteiger partial charge in [-0.3, -0.25) is 9.48 Å². The van der Waals surface area contributed by atoms with Gasteiger partial charge >= 0.3 is 0 Å². The minimum atomic E-state index is -0.141. The largest absolute Gasteiger partial charge is 0.489 e. The van der Waals surface area contributed by atoms with Crippen LogP contribution in [0.1, 0.15) is 27.3 Å². The maximum Gasteiger partial charge on any atom is 0.251 e. The Kier molecular flexibility index (Phi) is 5.58. The lowest BCUT2D eigenvalue weighted by Gasteiger charge is -2.08. The summed E-state index contributed by atoms with van der Waals surface area (Å²) in [6, 6.07) is 16.6. The van der Waals surface area contributed by atoms with E-state index >= 15 is 0 Å². The lowest BCUT2D eigenvalue weighted by Crippen LogP contribution is -2.23. The van der Waals surface area contributed by atoms with Gasteiger partial charge in [0.15, 0.2) is 0 Å². The highest BCUT2D eigenvalue weighted by molar-refractivity contribution is 6.30. The van der Waals surface area contributed by atoms with E-state index in [4.69, 9.17) is 16.3 Å². The number of nitrogens with one attached hydrogen (secondary N) is 1. The Morgan fingerprint density at radius 1 is 1.19 bits per heavy atom. The smallest absolute Gasteiger partial charge is 0.251 e. The van der Waals surface area contributed by atoms with E-state index in [1.54, 1.807) is 22.9 Å². The van der Waals surface area contributed by atoms with Gasteiger partial charge in [0.05, 0.1) is 12.2 Å². The summed E-state index contributed by atoms with van der Waals surface area (Å²) in [4.78, 5) is 12.4. The first-order valence-corrected chi connectivity index (χ1v) is 8.64. The molecule has 1 N–H and O–H groups in total. The second kappa shape index (κ2) is 8.06. The molecule has 0 saturated carbocycles. The SMILES string of the molecule is Cc1cc(CNC(=O)c2cccc(COc3cccc(Cl)c3)c2)nn1C. The second-order valence-corrected chi connectivity index (χ2v) is 6.47. The molecule has 0 aliphatic heterocycles. The van der Waals surface area contributed by atoms with Crippen molar-refractivity contribution < 1.29 is 9.53 Å². The topological polar surface area (TPSA) is 56.1 Å². The van der Waals surface area contributed by atoms with Crippen LogP contribution in [0.3, 0.4) is 0 Å². The summed E-state index contributed by atoms with van der Waals surface area (Å²) in [6.45, 7) is 2.73. The molecule has 0 aliphatic rings. The van der Waals surface area contributed by atoms with Crippen molar-refractivity contribution in [3.8, 4) is 5.75 Å². The lowest BCUT2D eigenvalue weighted by atomic mass is 10.1. The fraction of sp³-hybridized carbons (Fsp3) is 0.200. The van der Waals surface area contributed by atoms with E-state index in [-0.39, 0.29) is 5.91 Å². The number of aromatic nitrogens is 2. The number of amides is 1. The van der Waals surface area contributed by atoms with Gasteiger partial charge in [0.1, 0.15) is 12.4 Å². The molecule has 0 unspecified atom stereocenters. The van der Waals surface area contributed by atoms with Gasteiger partial charge in [0, 0.05) is 23.3 Å². The van der Waals surface area contributed by atoms with Crippen molar-refractivity contribution in [2.24, 2.45) is 7.05 Å². The molecule has 0 radical (unpaired) electrons. The van der Waals surface area contributed by atoms with E-state index in [1.165, 1.54) is 0 Å². The van der Waals surface area contributed by atoms with E-state index in [0.717, 1.165) is 17.0 Å².